The molecule has 9 aromatic rings. The minimum atomic E-state index is -0.935. The van der Waals surface area contributed by atoms with Gasteiger partial charge in [-0.2, -0.15) is 0 Å². The van der Waals surface area contributed by atoms with Crippen molar-refractivity contribution in [2.24, 2.45) is 0 Å². The molecule has 0 bridgehead atoms. The quantitative estimate of drug-likeness (QED) is 0.110. The van der Waals surface area contributed by atoms with Crippen molar-refractivity contribution in [3.63, 3.8) is 0 Å². The molecule has 4 nitrogen and oxygen atoms in total. The Bertz CT molecular complexity index is 2990. The summed E-state index contributed by atoms with van der Waals surface area (Å²) in [5, 5.41) is 3.03. The molecular formula is C62H51NO3. The van der Waals surface area contributed by atoms with E-state index in [1.165, 1.54) is 11.1 Å². The first-order chi connectivity index (χ1) is 32.1. The number of nitrogens with one attached hydrogen (secondary N) is 1. The Morgan fingerprint density at radius 3 is 1.05 bits per heavy atom. The van der Waals surface area contributed by atoms with Crippen molar-refractivity contribution in [2.45, 2.75) is 34.6 Å². The summed E-state index contributed by atoms with van der Waals surface area (Å²) >= 11 is 0. The van der Waals surface area contributed by atoms with Crippen LogP contribution < -0.4 is 5.32 Å². The van der Waals surface area contributed by atoms with Crippen LogP contribution in [-0.4, -0.2) is 18.5 Å². The van der Waals surface area contributed by atoms with Crippen LogP contribution in [0.2, 0.25) is 0 Å². The van der Waals surface area contributed by atoms with E-state index in [1.807, 2.05) is 0 Å². The average Bonchev–Trinajstić information content (AvgIpc) is 3.35. The van der Waals surface area contributed by atoms with E-state index in [1.54, 1.807) is 6.92 Å². The maximum absolute atomic E-state index is 13.7. The second kappa shape index (κ2) is 18.9. The first-order valence-electron chi connectivity index (χ1n) is 22.5. The Morgan fingerprint density at radius 1 is 0.364 bits per heavy atom. The third-order valence-corrected chi connectivity index (χ3v) is 12.3. The second-order valence-corrected chi connectivity index (χ2v) is 17.1. The number of carbonyl (C=O) groups excluding carboxylic acids is 2. The Hall–Kier alpha value is -8.08. The normalized spacial score (nSPS) is 11.0. The number of amides is 1. The van der Waals surface area contributed by atoms with E-state index >= 15 is 0 Å². The summed E-state index contributed by atoms with van der Waals surface area (Å²) in [5.74, 6) is -1.77. The number of esters is 1. The number of ether oxygens (including phenoxy) is 1. The number of benzene rings is 9. The molecule has 1 amide bonds. The average molecular weight is 858 g/mol. The molecule has 66 heavy (non-hydrogen) atoms. The van der Waals surface area contributed by atoms with Crippen molar-refractivity contribution in [1.29, 1.82) is 0 Å². The van der Waals surface area contributed by atoms with Gasteiger partial charge in [0.2, 0.25) is 0 Å². The van der Waals surface area contributed by atoms with Crippen molar-refractivity contribution in [1.82, 2.24) is 0 Å². The van der Waals surface area contributed by atoms with Gasteiger partial charge in [0.15, 0.2) is 0 Å². The molecule has 0 aromatic heterocycles. The van der Waals surface area contributed by atoms with Gasteiger partial charge in [-0.3, -0.25) is 4.79 Å². The summed E-state index contributed by atoms with van der Waals surface area (Å²) < 4.78 is 5.20. The lowest BCUT2D eigenvalue weighted by atomic mass is 9.82. The Kier molecular flexibility index (Phi) is 12.4. The molecule has 9 aromatic carbocycles. The van der Waals surface area contributed by atoms with Gasteiger partial charge in [-0.05, 0) is 137 Å². The largest absolute Gasteiger partial charge is 0.459 e. The van der Waals surface area contributed by atoms with Crippen LogP contribution in [0.4, 0.5) is 5.69 Å². The molecule has 0 radical (unpaired) electrons. The third kappa shape index (κ3) is 9.27. The van der Waals surface area contributed by atoms with Gasteiger partial charge in [0.25, 0.3) is 0 Å². The molecule has 4 heteroatoms. The standard InChI is InChI=1S/C62H51NO3/c1-6-66-62(65)61(64)63-60-57(51-24-16-42(4)17-25-51)38-54(39-58(60)52-26-18-43(5)19-27-52)59-55(49-32-28-47(29-33-49)45-20-12-40(2)13-21-45)36-53(44-10-8-7-9-11-44)37-56(59)50-34-30-48(31-35-50)46-22-14-41(3)15-23-46/h7-39H,6H2,1-5H3,(H,63,64). The van der Waals surface area contributed by atoms with Crippen LogP contribution in [0.1, 0.15) is 29.2 Å². The lowest BCUT2D eigenvalue weighted by Gasteiger charge is -2.23. The monoisotopic (exact) mass is 857 g/mol. The van der Waals surface area contributed by atoms with E-state index in [-0.39, 0.29) is 6.61 Å². The minimum Gasteiger partial charge on any atom is -0.459 e. The molecule has 0 saturated heterocycles. The molecule has 0 aliphatic carbocycles. The van der Waals surface area contributed by atoms with Gasteiger partial charge in [-0.25, -0.2) is 4.79 Å². The van der Waals surface area contributed by atoms with E-state index in [0.717, 1.165) is 100 Å². The molecule has 9 rings (SSSR count). The Morgan fingerprint density at radius 2 is 0.667 bits per heavy atom. The SMILES string of the molecule is CCOC(=O)C(=O)Nc1c(-c2ccc(C)cc2)cc(-c2c(-c3ccc(-c4ccc(C)cc4)cc3)cc(-c3ccccc3)cc2-c2ccc(-c3ccc(C)cc3)cc2)cc1-c1ccc(C)cc1. The predicted molar refractivity (Wildman–Crippen MR) is 274 cm³/mol. The highest BCUT2D eigenvalue weighted by atomic mass is 16.5. The van der Waals surface area contributed by atoms with Crippen LogP contribution in [0.25, 0.3) is 89.0 Å². The number of hydrogen-bond donors (Lipinski definition) is 1. The van der Waals surface area contributed by atoms with Crippen LogP contribution in [-0.2, 0) is 14.3 Å². The molecular weight excluding hydrogens is 807 g/mol. The maximum atomic E-state index is 13.7. The molecule has 1 N–H and O–H groups in total. The molecule has 0 aliphatic rings. The zero-order valence-corrected chi connectivity index (χ0v) is 38.0. The van der Waals surface area contributed by atoms with Gasteiger partial charge in [-0.15, -0.1) is 0 Å². The van der Waals surface area contributed by atoms with Gasteiger partial charge in [0.05, 0.1) is 12.3 Å². The predicted octanol–water partition coefficient (Wildman–Crippen LogP) is 15.8. The Balaban J connectivity index is 1.36. The van der Waals surface area contributed by atoms with E-state index in [0.29, 0.717) is 5.69 Å². The molecule has 0 heterocycles. The molecule has 322 valence electrons. The summed E-state index contributed by atoms with van der Waals surface area (Å²) in [6.45, 7) is 10.1. The molecule has 0 aliphatic heterocycles. The van der Waals surface area contributed by atoms with Crippen LogP contribution in [0.15, 0.2) is 200 Å². The zero-order chi connectivity index (χ0) is 45.7. The summed E-state index contributed by atoms with van der Waals surface area (Å²) in [6, 6.07) is 71.1. The van der Waals surface area contributed by atoms with E-state index in [9.17, 15) is 9.59 Å². The Labute approximate surface area is 388 Å². The number of hydrogen-bond acceptors (Lipinski definition) is 3. The summed E-state index contributed by atoms with van der Waals surface area (Å²) in [4.78, 5) is 26.7. The van der Waals surface area contributed by atoms with Crippen LogP contribution in [0.3, 0.4) is 0 Å². The molecule has 0 atom stereocenters. The fourth-order valence-corrected chi connectivity index (χ4v) is 8.59. The van der Waals surface area contributed by atoms with Crippen molar-refractivity contribution in [3.05, 3.63) is 222 Å². The number of carbonyl (C=O) groups is 2. The number of anilines is 1. The lowest BCUT2D eigenvalue weighted by molar-refractivity contribution is -0.152. The van der Waals surface area contributed by atoms with E-state index in [4.69, 9.17) is 4.74 Å². The topological polar surface area (TPSA) is 55.4 Å². The molecule has 0 spiro atoms. The van der Waals surface area contributed by atoms with Crippen molar-refractivity contribution in [3.8, 4) is 89.0 Å². The smallest absolute Gasteiger partial charge is 0.397 e. The lowest BCUT2D eigenvalue weighted by Crippen LogP contribution is -2.25. The molecule has 0 unspecified atom stereocenters. The van der Waals surface area contributed by atoms with Gasteiger partial charge < -0.3 is 10.1 Å². The van der Waals surface area contributed by atoms with Gasteiger partial charge in [0.1, 0.15) is 0 Å². The van der Waals surface area contributed by atoms with Crippen molar-refractivity contribution in [2.75, 3.05) is 11.9 Å². The zero-order valence-electron chi connectivity index (χ0n) is 38.0. The van der Waals surface area contributed by atoms with Crippen LogP contribution in [0.5, 0.6) is 0 Å². The van der Waals surface area contributed by atoms with Crippen molar-refractivity contribution < 1.29 is 14.3 Å². The van der Waals surface area contributed by atoms with E-state index < -0.39 is 11.9 Å². The highest BCUT2D eigenvalue weighted by molar-refractivity contribution is 6.38. The molecule has 0 saturated carbocycles. The molecule has 0 fully saturated rings. The first-order valence-corrected chi connectivity index (χ1v) is 22.5. The maximum Gasteiger partial charge on any atom is 0.397 e. The number of rotatable bonds is 10. The first kappa shape index (κ1) is 43.2. The summed E-state index contributed by atoms with van der Waals surface area (Å²) in [5.41, 5.74) is 21.5. The fraction of sp³-hybridized carbons (Fsp3) is 0.0968. The van der Waals surface area contributed by atoms with Crippen LogP contribution in [0, 0.1) is 27.7 Å². The second-order valence-electron chi connectivity index (χ2n) is 17.1. The third-order valence-electron chi connectivity index (χ3n) is 12.3. The van der Waals surface area contributed by atoms with Gasteiger partial charge in [-0.1, -0.05) is 198 Å². The van der Waals surface area contributed by atoms with Gasteiger partial charge >= 0.3 is 11.9 Å². The summed E-state index contributed by atoms with van der Waals surface area (Å²) in [6.07, 6.45) is 0. The number of aryl methyl sites for hydroxylation is 4. The van der Waals surface area contributed by atoms with E-state index in [2.05, 4.69) is 233 Å². The fourth-order valence-electron chi connectivity index (χ4n) is 8.59. The van der Waals surface area contributed by atoms with Crippen molar-refractivity contribution >= 4 is 17.6 Å². The highest BCUT2D eigenvalue weighted by Gasteiger charge is 2.25. The summed E-state index contributed by atoms with van der Waals surface area (Å²) in [7, 11) is 0. The van der Waals surface area contributed by atoms with Crippen LogP contribution >= 0.6 is 0 Å². The highest BCUT2D eigenvalue weighted by Crippen LogP contribution is 2.48. The van der Waals surface area contributed by atoms with Gasteiger partial charge in [0, 0.05) is 11.1 Å². The minimum absolute atomic E-state index is 0.0867.